The lowest BCUT2D eigenvalue weighted by atomic mass is 9.90. The number of hydrogen-bond donors (Lipinski definition) is 1. The molecule has 1 aromatic carbocycles. The number of aliphatic hydroxyl groups excluding tert-OH is 1. The van der Waals surface area contributed by atoms with E-state index in [4.69, 9.17) is 5.11 Å². The van der Waals surface area contributed by atoms with E-state index in [1.165, 1.54) is 5.56 Å². The van der Waals surface area contributed by atoms with Gasteiger partial charge in [-0.25, -0.2) is 0 Å². The molecule has 0 amide bonds. The fourth-order valence-electron chi connectivity index (χ4n) is 1.76. The summed E-state index contributed by atoms with van der Waals surface area (Å²) in [6.45, 7) is 0.0846. The minimum atomic E-state index is 0.0846. The van der Waals surface area contributed by atoms with Crippen molar-refractivity contribution in [3.8, 4) is 0 Å². The van der Waals surface area contributed by atoms with Gasteiger partial charge in [-0.1, -0.05) is 18.2 Å². The van der Waals surface area contributed by atoms with E-state index in [2.05, 4.69) is 0 Å². The van der Waals surface area contributed by atoms with Crippen LogP contribution < -0.4 is 0 Å². The molecule has 0 saturated heterocycles. The molecule has 1 aliphatic carbocycles. The summed E-state index contributed by atoms with van der Waals surface area (Å²) < 4.78 is 0. The molecule has 0 saturated carbocycles. The molecule has 0 aromatic heterocycles. The lowest BCUT2D eigenvalue weighted by molar-refractivity contribution is -0.118. The maximum absolute atomic E-state index is 11.1. The van der Waals surface area contributed by atoms with Crippen molar-refractivity contribution in [1.29, 1.82) is 0 Å². The number of fused-ring (bicyclic) bond motifs is 1. The van der Waals surface area contributed by atoms with E-state index in [0.29, 0.717) is 18.6 Å². The Labute approximate surface area is 77.2 Å². The zero-order chi connectivity index (χ0) is 9.26. The lowest BCUT2D eigenvalue weighted by Gasteiger charge is -2.15. The Morgan fingerprint density at radius 2 is 2.08 bits per heavy atom. The highest BCUT2D eigenvalue weighted by Crippen LogP contribution is 2.20. The normalized spacial score (nSPS) is 15.6. The smallest absolute Gasteiger partial charge is 0.137 e. The fraction of sp³-hybridized carbons (Fsp3) is 0.364. The lowest BCUT2D eigenvalue weighted by Crippen LogP contribution is -2.13. The van der Waals surface area contributed by atoms with E-state index in [1.54, 1.807) is 0 Å². The van der Waals surface area contributed by atoms with E-state index in [-0.39, 0.29) is 6.61 Å². The van der Waals surface area contributed by atoms with Gasteiger partial charge >= 0.3 is 0 Å². The molecule has 2 nitrogen and oxygen atoms in total. The third-order valence-corrected chi connectivity index (χ3v) is 2.51. The molecule has 1 aromatic rings. The van der Waals surface area contributed by atoms with Gasteiger partial charge in [0.25, 0.3) is 0 Å². The van der Waals surface area contributed by atoms with Gasteiger partial charge in [0.1, 0.15) is 5.78 Å². The molecular weight excluding hydrogens is 164 g/mol. The standard InChI is InChI=1S/C11H12O2/c12-7-8-1-2-10-6-11(13)4-3-9(10)5-8/h1-2,5,12H,3-4,6-7H2. The summed E-state index contributed by atoms with van der Waals surface area (Å²) in [5.74, 6) is 0.323. The second-order valence-electron chi connectivity index (χ2n) is 3.48. The van der Waals surface area contributed by atoms with Crippen LogP contribution in [0.25, 0.3) is 0 Å². The van der Waals surface area contributed by atoms with Gasteiger partial charge in [-0.05, 0) is 23.1 Å². The van der Waals surface area contributed by atoms with Crippen molar-refractivity contribution in [1.82, 2.24) is 0 Å². The number of rotatable bonds is 1. The summed E-state index contributed by atoms with van der Waals surface area (Å²) in [5, 5.41) is 8.92. The highest BCUT2D eigenvalue weighted by Gasteiger charge is 2.14. The summed E-state index contributed by atoms with van der Waals surface area (Å²) in [7, 11) is 0. The molecule has 0 aliphatic heterocycles. The zero-order valence-corrected chi connectivity index (χ0v) is 7.42. The summed E-state index contributed by atoms with van der Waals surface area (Å²) in [6.07, 6.45) is 2.06. The van der Waals surface area contributed by atoms with Crippen molar-refractivity contribution in [2.24, 2.45) is 0 Å². The van der Waals surface area contributed by atoms with Crippen LogP contribution in [0, 0.1) is 0 Å². The molecule has 0 atom stereocenters. The summed E-state index contributed by atoms with van der Waals surface area (Å²) in [6, 6.07) is 5.84. The predicted octanol–water partition coefficient (Wildman–Crippen LogP) is 1.24. The molecule has 0 heterocycles. The monoisotopic (exact) mass is 176 g/mol. The quantitative estimate of drug-likeness (QED) is 0.699. The number of carbonyl (C=O) groups excluding carboxylic acids is 1. The Balaban J connectivity index is 2.36. The van der Waals surface area contributed by atoms with Crippen LogP contribution in [0.3, 0.4) is 0 Å². The van der Waals surface area contributed by atoms with Crippen LogP contribution in [0.2, 0.25) is 0 Å². The summed E-state index contributed by atoms with van der Waals surface area (Å²) in [4.78, 5) is 11.1. The van der Waals surface area contributed by atoms with E-state index in [1.807, 2.05) is 18.2 Å². The number of hydrogen-bond acceptors (Lipinski definition) is 2. The van der Waals surface area contributed by atoms with E-state index < -0.39 is 0 Å². The molecule has 2 heteroatoms. The molecule has 0 bridgehead atoms. The number of aliphatic hydroxyl groups is 1. The highest BCUT2D eigenvalue weighted by molar-refractivity contribution is 5.83. The first kappa shape index (κ1) is 8.45. The van der Waals surface area contributed by atoms with Gasteiger partial charge in [-0.3, -0.25) is 4.79 Å². The van der Waals surface area contributed by atoms with Crippen LogP contribution >= 0.6 is 0 Å². The van der Waals surface area contributed by atoms with Crippen molar-refractivity contribution in [3.05, 3.63) is 34.9 Å². The van der Waals surface area contributed by atoms with Crippen molar-refractivity contribution in [3.63, 3.8) is 0 Å². The third-order valence-electron chi connectivity index (χ3n) is 2.51. The van der Waals surface area contributed by atoms with Crippen LogP contribution in [-0.4, -0.2) is 10.9 Å². The second-order valence-corrected chi connectivity index (χ2v) is 3.48. The van der Waals surface area contributed by atoms with Crippen LogP contribution in [0.4, 0.5) is 0 Å². The molecule has 0 radical (unpaired) electrons. The Kier molecular flexibility index (Phi) is 2.15. The average Bonchev–Trinajstić information content (AvgIpc) is 2.17. The van der Waals surface area contributed by atoms with Gasteiger partial charge in [0.05, 0.1) is 6.61 Å². The van der Waals surface area contributed by atoms with Gasteiger partial charge in [0, 0.05) is 12.8 Å². The van der Waals surface area contributed by atoms with Crippen molar-refractivity contribution >= 4 is 5.78 Å². The van der Waals surface area contributed by atoms with E-state index >= 15 is 0 Å². The number of aryl methyl sites for hydroxylation is 1. The largest absolute Gasteiger partial charge is 0.392 e. The number of benzene rings is 1. The Morgan fingerprint density at radius 3 is 2.85 bits per heavy atom. The molecule has 0 spiro atoms. The number of Topliss-reactive ketones (excluding diaryl/α,β-unsaturated/α-hetero) is 1. The van der Waals surface area contributed by atoms with Crippen molar-refractivity contribution < 1.29 is 9.90 Å². The van der Waals surface area contributed by atoms with Crippen LogP contribution in [0.15, 0.2) is 18.2 Å². The Hall–Kier alpha value is -1.15. The minimum Gasteiger partial charge on any atom is -0.392 e. The fourth-order valence-corrected chi connectivity index (χ4v) is 1.76. The first-order chi connectivity index (χ1) is 6.29. The predicted molar refractivity (Wildman–Crippen MR) is 49.4 cm³/mol. The molecule has 1 N–H and O–H groups in total. The summed E-state index contributed by atoms with van der Waals surface area (Å²) >= 11 is 0. The highest BCUT2D eigenvalue weighted by atomic mass is 16.3. The Morgan fingerprint density at radius 1 is 1.23 bits per heavy atom. The first-order valence-electron chi connectivity index (χ1n) is 4.53. The third kappa shape index (κ3) is 1.63. The molecule has 13 heavy (non-hydrogen) atoms. The molecule has 2 rings (SSSR count). The maximum atomic E-state index is 11.1. The molecule has 68 valence electrons. The maximum Gasteiger partial charge on any atom is 0.137 e. The van der Waals surface area contributed by atoms with Crippen LogP contribution in [0.5, 0.6) is 0 Å². The van der Waals surface area contributed by atoms with Gasteiger partial charge in [-0.2, -0.15) is 0 Å². The van der Waals surface area contributed by atoms with Gasteiger partial charge in [-0.15, -0.1) is 0 Å². The molecule has 0 unspecified atom stereocenters. The van der Waals surface area contributed by atoms with Crippen molar-refractivity contribution in [2.75, 3.05) is 0 Å². The SMILES string of the molecule is O=C1CCc2cc(CO)ccc2C1. The van der Waals surface area contributed by atoms with Crippen LogP contribution in [-0.2, 0) is 24.2 Å². The second kappa shape index (κ2) is 3.30. The molecule has 0 fully saturated rings. The summed E-state index contributed by atoms with van der Waals surface area (Å²) in [5.41, 5.74) is 3.30. The number of ketones is 1. The van der Waals surface area contributed by atoms with E-state index in [9.17, 15) is 4.79 Å². The van der Waals surface area contributed by atoms with Crippen LogP contribution in [0.1, 0.15) is 23.1 Å². The molecule has 1 aliphatic rings. The Bertz CT molecular complexity index is 342. The average molecular weight is 176 g/mol. The first-order valence-corrected chi connectivity index (χ1v) is 4.53. The topological polar surface area (TPSA) is 37.3 Å². The zero-order valence-electron chi connectivity index (χ0n) is 7.42. The number of carbonyl (C=O) groups is 1. The van der Waals surface area contributed by atoms with E-state index in [0.717, 1.165) is 17.5 Å². The van der Waals surface area contributed by atoms with Gasteiger partial charge < -0.3 is 5.11 Å². The minimum absolute atomic E-state index is 0.0846. The van der Waals surface area contributed by atoms with Gasteiger partial charge in [0.2, 0.25) is 0 Å². The van der Waals surface area contributed by atoms with Crippen molar-refractivity contribution in [2.45, 2.75) is 25.9 Å². The van der Waals surface area contributed by atoms with Gasteiger partial charge in [0.15, 0.2) is 0 Å². The molecular formula is C11H12O2.